The molecular weight excluding hydrogens is 571 g/mol. The number of aryl methyl sites for hydroxylation is 1. The van der Waals surface area contributed by atoms with E-state index in [1.54, 1.807) is 26.8 Å². The highest BCUT2D eigenvalue weighted by Crippen LogP contribution is 2.55. The van der Waals surface area contributed by atoms with E-state index in [2.05, 4.69) is 20.9 Å². The zero-order valence-electron chi connectivity index (χ0n) is 20.8. The molecule has 2 aliphatic rings. The number of nitrogens with zero attached hydrogens (tertiary/aromatic N) is 1. The van der Waals surface area contributed by atoms with E-state index < -0.39 is 48.9 Å². The Morgan fingerprint density at radius 2 is 2.08 bits per heavy atom. The Morgan fingerprint density at radius 1 is 1.32 bits per heavy atom. The van der Waals surface area contributed by atoms with Gasteiger partial charge in [-0.25, -0.2) is 9.36 Å². The van der Waals surface area contributed by atoms with Crippen LogP contribution in [0, 0.1) is 12.3 Å². The Hall–Kier alpha value is -2.50. The highest BCUT2D eigenvalue weighted by atomic mass is 79.9. The van der Waals surface area contributed by atoms with Crippen molar-refractivity contribution in [3.05, 3.63) is 66.9 Å². The van der Waals surface area contributed by atoms with Crippen molar-refractivity contribution in [3.8, 4) is 5.75 Å². The number of ether oxygens (including phenoxy) is 2. The molecule has 1 aromatic carbocycles. The van der Waals surface area contributed by atoms with Crippen LogP contribution < -0.4 is 15.8 Å². The molecule has 0 amide bonds. The fourth-order valence-corrected chi connectivity index (χ4v) is 5.41. The molecule has 1 unspecified atom stereocenters. The molecule has 1 aromatic heterocycles. The molecule has 11 nitrogen and oxygen atoms in total. The summed E-state index contributed by atoms with van der Waals surface area (Å²) in [5.41, 5.74) is -0.311. The molecule has 37 heavy (non-hydrogen) atoms. The van der Waals surface area contributed by atoms with Gasteiger partial charge < -0.3 is 14.0 Å². The number of hydrogen-bond acceptors (Lipinski definition) is 9. The van der Waals surface area contributed by atoms with Crippen LogP contribution in [0.15, 0.2) is 39.0 Å². The van der Waals surface area contributed by atoms with Gasteiger partial charge in [0.15, 0.2) is 0 Å². The summed E-state index contributed by atoms with van der Waals surface area (Å²) in [4.78, 5) is 41.0. The normalized spacial score (nSPS) is 25.6. The van der Waals surface area contributed by atoms with E-state index in [9.17, 15) is 18.9 Å². The standard InChI is InChI=1S/C24H28BrN2O9P/c1-14-6-5-7-16-12-32-37(31,36-20(14)16)33-13-18-17(35-22(29)24(2,3)4)10-19(34-18)27-11-15(8-9-25)21(28)26-23(27)30/h5-9,11,17-19H,10,12-13H2,1-4H3,(H,26,28,30)/b9-8+/t17-,18+,19+,37?/m0/s1. The van der Waals surface area contributed by atoms with Crippen LogP contribution in [-0.4, -0.2) is 34.3 Å². The maximum Gasteiger partial charge on any atom is 0.530 e. The average Bonchev–Trinajstić information content (AvgIpc) is 3.22. The van der Waals surface area contributed by atoms with Crippen LogP contribution in [0.4, 0.5) is 0 Å². The lowest BCUT2D eigenvalue weighted by Crippen LogP contribution is -2.35. The van der Waals surface area contributed by atoms with E-state index in [0.717, 1.165) is 11.1 Å². The molecule has 0 radical (unpaired) electrons. The third kappa shape index (κ3) is 6.15. The van der Waals surface area contributed by atoms with Gasteiger partial charge in [-0.2, -0.15) is 0 Å². The Labute approximate surface area is 221 Å². The van der Waals surface area contributed by atoms with Gasteiger partial charge in [-0.05, 0) is 44.3 Å². The third-order valence-electron chi connectivity index (χ3n) is 5.87. The van der Waals surface area contributed by atoms with Crippen LogP contribution in [0.3, 0.4) is 0 Å². The Kier molecular flexibility index (Phi) is 7.96. The minimum Gasteiger partial charge on any atom is -0.459 e. The van der Waals surface area contributed by atoms with Crippen molar-refractivity contribution < 1.29 is 32.4 Å². The minimum absolute atomic E-state index is 0.0432. The van der Waals surface area contributed by atoms with Gasteiger partial charge >= 0.3 is 19.5 Å². The Balaban J connectivity index is 1.56. The highest BCUT2D eigenvalue weighted by molar-refractivity contribution is 9.11. The number of esters is 1. The number of carbonyl (C=O) groups is 1. The average molecular weight is 599 g/mol. The zero-order valence-corrected chi connectivity index (χ0v) is 23.2. The molecule has 0 aliphatic carbocycles. The van der Waals surface area contributed by atoms with Crippen LogP contribution in [0.25, 0.3) is 6.08 Å². The van der Waals surface area contributed by atoms with E-state index in [0.29, 0.717) is 5.75 Å². The summed E-state index contributed by atoms with van der Waals surface area (Å²) in [5.74, 6) is -0.0463. The molecule has 4 rings (SSSR count). The van der Waals surface area contributed by atoms with Crippen molar-refractivity contribution in [1.82, 2.24) is 9.55 Å². The second-order valence-electron chi connectivity index (χ2n) is 9.77. The summed E-state index contributed by atoms with van der Waals surface area (Å²) in [6.45, 7) is 6.69. The molecule has 2 aliphatic heterocycles. The predicted octanol–water partition coefficient (Wildman–Crippen LogP) is 4.19. The first-order valence-electron chi connectivity index (χ1n) is 11.6. The number of benzene rings is 1. The number of phosphoric acid groups is 1. The largest absolute Gasteiger partial charge is 0.530 e. The number of rotatable bonds is 6. The zero-order chi connectivity index (χ0) is 27.0. The van der Waals surface area contributed by atoms with Gasteiger partial charge in [0.05, 0.1) is 24.2 Å². The first-order valence-corrected chi connectivity index (χ1v) is 13.9. The molecule has 3 heterocycles. The first kappa shape index (κ1) is 27.5. The monoisotopic (exact) mass is 598 g/mol. The van der Waals surface area contributed by atoms with Crippen LogP contribution in [0.1, 0.15) is 50.1 Å². The van der Waals surface area contributed by atoms with Gasteiger partial charge in [0.1, 0.15) is 24.2 Å². The molecule has 13 heteroatoms. The van der Waals surface area contributed by atoms with Crippen LogP contribution in [0.5, 0.6) is 5.75 Å². The summed E-state index contributed by atoms with van der Waals surface area (Å²) in [5, 5.41) is 0. The maximum atomic E-state index is 13.2. The topological polar surface area (TPSA) is 135 Å². The predicted molar refractivity (Wildman–Crippen MR) is 137 cm³/mol. The molecular formula is C24H28BrN2O9P. The van der Waals surface area contributed by atoms with Crippen LogP contribution in [-0.2, 0) is 34.5 Å². The lowest BCUT2D eigenvalue weighted by molar-refractivity contribution is -0.162. The van der Waals surface area contributed by atoms with E-state index in [-0.39, 0.29) is 25.2 Å². The molecule has 2 aromatic rings. The summed E-state index contributed by atoms with van der Waals surface area (Å²) >= 11 is 3.11. The number of carbonyl (C=O) groups excluding carboxylic acids is 1. The summed E-state index contributed by atoms with van der Waals surface area (Å²) in [7, 11) is -3.99. The number of nitrogens with one attached hydrogen (secondary N) is 1. The van der Waals surface area contributed by atoms with Gasteiger partial charge in [0, 0.05) is 18.2 Å². The fourth-order valence-electron chi connectivity index (χ4n) is 3.83. The molecule has 0 bridgehead atoms. The van der Waals surface area contributed by atoms with Crippen molar-refractivity contribution in [2.45, 2.75) is 59.2 Å². The number of fused-ring (bicyclic) bond motifs is 1. The van der Waals surface area contributed by atoms with Crippen molar-refractivity contribution in [2.75, 3.05) is 6.61 Å². The Bertz CT molecular complexity index is 1380. The quantitative estimate of drug-likeness (QED) is 0.383. The second kappa shape index (κ2) is 10.7. The van der Waals surface area contributed by atoms with E-state index in [1.807, 2.05) is 19.1 Å². The second-order valence-corrected chi connectivity index (χ2v) is 11.9. The smallest absolute Gasteiger partial charge is 0.459 e. The summed E-state index contributed by atoms with van der Waals surface area (Å²) < 4.78 is 42.8. The van der Waals surface area contributed by atoms with Crippen LogP contribution >= 0.6 is 23.8 Å². The van der Waals surface area contributed by atoms with Gasteiger partial charge in [-0.15, -0.1) is 0 Å². The van der Waals surface area contributed by atoms with E-state index in [1.165, 1.54) is 21.8 Å². The fraction of sp³-hybridized carbons (Fsp3) is 0.458. The van der Waals surface area contributed by atoms with Gasteiger partial charge in [-0.3, -0.25) is 28.2 Å². The lowest BCUT2D eigenvalue weighted by atomic mass is 9.97. The van der Waals surface area contributed by atoms with Crippen molar-refractivity contribution in [2.24, 2.45) is 5.41 Å². The minimum atomic E-state index is -3.99. The number of H-pyrrole nitrogens is 1. The number of phosphoric ester groups is 1. The number of para-hydroxylation sites is 1. The van der Waals surface area contributed by atoms with Crippen LogP contribution in [0.2, 0.25) is 0 Å². The Morgan fingerprint density at radius 3 is 2.78 bits per heavy atom. The van der Waals surface area contributed by atoms with Gasteiger partial charge in [0.2, 0.25) is 0 Å². The number of aromatic amines is 1. The molecule has 200 valence electrons. The SMILES string of the molecule is Cc1cccc2c1OP(=O)(OC[C@H]1O[C@@H](n3cc(/C=C/Br)c(=O)[nH]c3=O)C[C@@H]1OC(=O)C(C)(C)C)OC2. The summed E-state index contributed by atoms with van der Waals surface area (Å²) in [6, 6.07) is 5.47. The molecule has 0 spiro atoms. The number of hydrogen-bond donors (Lipinski definition) is 1. The highest BCUT2D eigenvalue weighted by Gasteiger charge is 2.44. The molecule has 1 saturated heterocycles. The lowest BCUT2D eigenvalue weighted by Gasteiger charge is -2.28. The van der Waals surface area contributed by atoms with E-state index >= 15 is 0 Å². The molecule has 4 atom stereocenters. The molecule has 0 saturated carbocycles. The first-order chi connectivity index (χ1) is 17.4. The maximum absolute atomic E-state index is 13.2. The summed E-state index contributed by atoms with van der Waals surface area (Å²) in [6.07, 6.45) is 0.288. The van der Waals surface area contributed by atoms with Crippen molar-refractivity contribution >= 4 is 35.8 Å². The molecule has 1 fully saturated rings. The number of halogens is 1. The van der Waals surface area contributed by atoms with Crippen molar-refractivity contribution in [3.63, 3.8) is 0 Å². The van der Waals surface area contributed by atoms with Gasteiger partial charge in [0.25, 0.3) is 5.56 Å². The third-order valence-corrected chi connectivity index (χ3v) is 7.45. The number of aromatic nitrogens is 2. The van der Waals surface area contributed by atoms with Gasteiger partial charge in [-0.1, -0.05) is 34.1 Å². The molecule has 1 N–H and O–H groups in total. The van der Waals surface area contributed by atoms with Crippen molar-refractivity contribution in [1.29, 1.82) is 0 Å². The van der Waals surface area contributed by atoms with E-state index in [4.69, 9.17) is 23.0 Å².